The van der Waals surface area contributed by atoms with Crippen molar-refractivity contribution in [3.8, 4) is 0 Å². The van der Waals surface area contributed by atoms with Crippen LogP contribution in [0.5, 0.6) is 0 Å². The Hall–Kier alpha value is -1.62. The summed E-state index contributed by atoms with van der Waals surface area (Å²) in [6.45, 7) is 4.23. The van der Waals surface area contributed by atoms with Crippen molar-refractivity contribution in [1.82, 2.24) is 16.2 Å². The van der Waals surface area contributed by atoms with Crippen LogP contribution in [0.2, 0.25) is 0 Å². The van der Waals surface area contributed by atoms with Gasteiger partial charge >= 0.3 is 0 Å². The highest BCUT2D eigenvalue weighted by Crippen LogP contribution is 2.23. The van der Waals surface area contributed by atoms with Gasteiger partial charge in [-0.2, -0.15) is 0 Å². The number of carbonyl (C=O) groups is 1. The zero-order valence-corrected chi connectivity index (χ0v) is 13.4. The van der Waals surface area contributed by atoms with Gasteiger partial charge in [-0.15, -0.1) is 0 Å². The molecule has 1 aromatic rings. The Bertz CT molecular complexity index is 501. The predicted octanol–water partition coefficient (Wildman–Crippen LogP) is 2.68. The molecule has 0 bridgehead atoms. The molecule has 4 nitrogen and oxygen atoms in total. The Morgan fingerprint density at radius 2 is 1.81 bits per heavy atom. The molecule has 1 amide bonds. The summed E-state index contributed by atoms with van der Waals surface area (Å²) in [6, 6.07) is 7.82. The highest BCUT2D eigenvalue weighted by molar-refractivity contribution is 7.80. The summed E-state index contributed by atoms with van der Waals surface area (Å²) in [4.78, 5) is 12.0. The molecule has 1 fully saturated rings. The predicted molar refractivity (Wildman–Crippen MR) is 88.9 cm³/mol. The van der Waals surface area contributed by atoms with Gasteiger partial charge in [0.15, 0.2) is 5.11 Å². The monoisotopic (exact) mass is 305 g/mol. The molecule has 0 unspecified atom stereocenters. The van der Waals surface area contributed by atoms with Crippen molar-refractivity contribution in [2.45, 2.75) is 45.6 Å². The fourth-order valence-electron chi connectivity index (χ4n) is 2.63. The maximum Gasteiger partial charge on any atom is 0.269 e. The van der Waals surface area contributed by atoms with Crippen molar-refractivity contribution in [3.63, 3.8) is 0 Å². The van der Waals surface area contributed by atoms with Crippen molar-refractivity contribution in [2.24, 2.45) is 5.92 Å². The molecule has 2 atom stereocenters. The molecule has 21 heavy (non-hydrogen) atoms. The summed E-state index contributed by atoms with van der Waals surface area (Å²) < 4.78 is 0. The van der Waals surface area contributed by atoms with E-state index in [9.17, 15) is 4.79 Å². The van der Waals surface area contributed by atoms with Crippen molar-refractivity contribution in [3.05, 3.63) is 35.4 Å². The molecular weight excluding hydrogens is 282 g/mol. The van der Waals surface area contributed by atoms with Crippen LogP contribution in [0.1, 0.15) is 48.5 Å². The van der Waals surface area contributed by atoms with Gasteiger partial charge in [-0.1, -0.05) is 37.5 Å². The summed E-state index contributed by atoms with van der Waals surface area (Å²) in [5.41, 5.74) is 7.15. The van der Waals surface area contributed by atoms with E-state index in [4.69, 9.17) is 12.2 Å². The third-order valence-electron chi connectivity index (χ3n) is 4.03. The first-order chi connectivity index (χ1) is 10.1. The van der Waals surface area contributed by atoms with Gasteiger partial charge in [0.2, 0.25) is 0 Å². The van der Waals surface area contributed by atoms with E-state index < -0.39 is 0 Å². The molecule has 0 heterocycles. The Labute approximate surface area is 131 Å². The average Bonchev–Trinajstić information content (AvgIpc) is 2.48. The second-order valence-corrected chi connectivity index (χ2v) is 6.20. The summed E-state index contributed by atoms with van der Waals surface area (Å²) in [7, 11) is 0. The summed E-state index contributed by atoms with van der Waals surface area (Å²) in [5, 5.41) is 3.77. The van der Waals surface area contributed by atoms with E-state index >= 15 is 0 Å². The first-order valence-corrected chi connectivity index (χ1v) is 7.90. The Morgan fingerprint density at radius 1 is 1.14 bits per heavy atom. The van der Waals surface area contributed by atoms with Crippen molar-refractivity contribution >= 4 is 23.2 Å². The van der Waals surface area contributed by atoms with Gasteiger partial charge in [-0.3, -0.25) is 15.6 Å². The number of rotatable bonds is 2. The first kappa shape index (κ1) is 15.8. The number of hydrogen-bond acceptors (Lipinski definition) is 2. The standard InChI is InChI=1S/C16H23N3OS/c1-11-7-9-13(10-8-11)15(20)18-19-16(21)17-14-6-4-3-5-12(14)2/h7-10,12,14H,3-6H2,1-2H3,(H,18,20)(H2,17,19,21)/t12-,14+/m1/s1. The molecule has 1 aliphatic carbocycles. The number of thiocarbonyl (C=S) groups is 1. The molecule has 1 aromatic carbocycles. The lowest BCUT2D eigenvalue weighted by molar-refractivity contribution is 0.0943. The van der Waals surface area contributed by atoms with Crippen LogP contribution in [0, 0.1) is 12.8 Å². The Morgan fingerprint density at radius 3 is 2.48 bits per heavy atom. The maximum absolute atomic E-state index is 12.0. The zero-order valence-electron chi connectivity index (χ0n) is 12.6. The van der Waals surface area contributed by atoms with E-state index in [0.29, 0.717) is 22.6 Å². The molecule has 0 saturated heterocycles. The van der Waals surface area contributed by atoms with Crippen molar-refractivity contribution in [1.29, 1.82) is 0 Å². The fourth-order valence-corrected chi connectivity index (χ4v) is 2.83. The van der Waals surface area contributed by atoms with Gasteiger partial charge in [-0.05, 0) is 50.0 Å². The molecule has 0 radical (unpaired) electrons. The van der Waals surface area contributed by atoms with E-state index in [1.165, 1.54) is 19.3 Å². The van der Waals surface area contributed by atoms with Gasteiger partial charge in [0.1, 0.15) is 0 Å². The minimum atomic E-state index is -0.184. The number of hydrazine groups is 1. The van der Waals surface area contributed by atoms with Crippen LogP contribution in [0.4, 0.5) is 0 Å². The van der Waals surface area contributed by atoms with Gasteiger partial charge in [0.25, 0.3) is 5.91 Å². The summed E-state index contributed by atoms with van der Waals surface area (Å²) >= 11 is 5.24. The second-order valence-electron chi connectivity index (χ2n) is 5.79. The Balaban J connectivity index is 1.78. The van der Waals surface area contributed by atoms with Crippen LogP contribution < -0.4 is 16.2 Å². The number of hydrogen-bond donors (Lipinski definition) is 3. The third kappa shape index (κ3) is 4.70. The zero-order chi connectivity index (χ0) is 15.2. The molecular formula is C16H23N3OS. The van der Waals surface area contributed by atoms with Crippen LogP contribution in [-0.2, 0) is 0 Å². The summed E-state index contributed by atoms with van der Waals surface area (Å²) in [5.74, 6) is 0.433. The van der Waals surface area contributed by atoms with E-state index in [2.05, 4.69) is 23.1 Å². The van der Waals surface area contributed by atoms with Crippen LogP contribution in [-0.4, -0.2) is 17.1 Å². The molecule has 2 rings (SSSR count). The minimum Gasteiger partial charge on any atom is -0.358 e. The highest BCUT2D eigenvalue weighted by atomic mass is 32.1. The molecule has 1 saturated carbocycles. The van der Waals surface area contributed by atoms with Crippen LogP contribution in [0.3, 0.4) is 0 Å². The number of benzene rings is 1. The van der Waals surface area contributed by atoms with Crippen LogP contribution in [0.15, 0.2) is 24.3 Å². The normalized spacial score (nSPS) is 21.4. The lowest BCUT2D eigenvalue weighted by Gasteiger charge is -2.30. The Kier molecular flexibility index (Phi) is 5.56. The van der Waals surface area contributed by atoms with Crippen molar-refractivity contribution in [2.75, 3.05) is 0 Å². The van der Waals surface area contributed by atoms with Crippen LogP contribution in [0.25, 0.3) is 0 Å². The molecule has 1 aliphatic rings. The highest BCUT2D eigenvalue weighted by Gasteiger charge is 2.21. The molecule has 3 N–H and O–H groups in total. The van der Waals surface area contributed by atoms with E-state index in [0.717, 1.165) is 12.0 Å². The number of amides is 1. The maximum atomic E-state index is 12.0. The molecule has 0 aromatic heterocycles. The smallest absolute Gasteiger partial charge is 0.269 e. The minimum absolute atomic E-state index is 0.184. The van der Waals surface area contributed by atoms with Gasteiger partial charge in [-0.25, -0.2) is 0 Å². The van der Waals surface area contributed by atoms with Crippen LogP contribution >= 0.6 is 12.2 Å². The molecule has 0 aliphatic heterocycles. The van der Waals surface area contributed by atoms with E-state index in [1.54, 1.807) is 12.1 Å². The van der Waals surface area contributed by atoms with Gasteiger partial charge < -0.3 is 5.32 Å². The molecule has 5 heteroatoms. The quantitative estimate of drug-likeness (QED) is 0.581. The summed E-state index contributed by atoms with van der Waals surface area (Å²) in [6.07, 6.45) is 4.90. The lowest BCUT2D eigenvalue weighted by atomic mass is 9.86. The van der Waals surface area contributed by atoms with Gasteiger partial charge in [0, 0.05) is 11.6 Å². The van der Waals surface area contributed by atoms with Crippen molar-refractivity contribution < 1.29 is 4.79 Å². The van der Waals surface area contributed by atoms with Gasteiger partial charge in [0.05, 0.1) is 0 Å². The van der Waals surface area contributed by atoms with E-state index in [-0.39, 0.29) is 5.91 Å². The second kappa shape index (κ2) is 7.41. The number of nitrogens with one attached hydrogen (secondary N) is 3. The van der Waals surface area contributed by atoms with E-state index in [1.807, 2.05) is 19.1 Å². The fraction of sp³-hybridized carbons (Fsp3) is 0.500. The molecule has 0 spiro atoms. The third-order valence-corrected chi connectivity index (χ3v) is 4.25. The number of aryl methyl sites for hydroxylation is 1. The molecule has 114 valence electrons. The topological polar surface area (TPSA) is 53.2 Å². The first-order valence-electron chi connectivity index (χ1n) is 7.50. The lowest BCUT2D eigenvalue weighted by Crippen LogP contribution is -2.51. The largest absolute Gasteiger partial charge is 0.358 e. The SMILES string of the molecule is Cc1ccc(C(=O)NNC(=S)N[C@H]2CCCC[C@H]2C)cc1. The average molecular weight is 305 g/mol. The number of carbonyl (C=O) groups excluding carboxylic acids is 1.